The van der Waals surface area contributed by atoms with Crippen LogP contribution in [0.25, 0.3) is 22.3 Å². The molecule has 0 amide bonds. The molecule has 2 N–H and O–H groups in total. The Labute approximate surface area is 244 Å². The van der Waals surface area contributed by atoms with Crippen molar-refractivity contribution in [3.05, 3.63) is 47.5 Å². The van der Waals surface area contributed by atoms with Gasteiger partial charge in [0.05, 0.1) is 37.6 Å². The second-order valence-corrected chi connectivity index (χ2v) is 17.6. The molecule has 1 aliphatic rings. The van der Waals surface area contributed by atoms with Crippen molar-refractivity contribution in [1.29, 1.82) is 0 Å². The van der Waals surface area contributed by atoms with Gasteiger partial charge in [-0.3, -0.25) is 5.10 Å². The smallest absolute Gasteiger partial charge is 0.192 e. The third-order valence-electron chi connectivity index (χ3n) is 8.59. The minimum Gasteiger partial charge on any atom is -0.497 e. The van der Waals surface area contributed by atoms with E-state index >= 15 is 0 Å². The predicted molar refractivity (Wildman–Crippen MR) is 166 cm³/mol. The number of methoxy groups -OCH3 is 2. The Bertz CT molecular complexity index is 1530. The monoisotopic (exact) mass is 576 g/mol. The third kappa shape index (κ3) is 5.72. The lowest BCUT2D eigenvalue weighted by atomic mass is 10.1. The summed E-state index contributed by atoms with van der Waals surface area (Å²) >= 11 is 0. The number of H-pyrrole nitrogens is 1. The lowest BCUT2D eigenvalue weighted by Gasteiger charge is -2.36. The molecule has 0 saturated heterocycles. The Kier molecular flexibility index (Phi) is 7.91. The van der Waals surface area contributed by atoms with Gasteiger partial charge in [0.1, 0.15) is 29.3 Å². The van der Waals surface area contributed by atoms with Gasteiger partial charge < -0.3 is 23.8 Å². The number of anilines is 1. The van der Waals surface area contributed by atoms with E-state index in [0.717, 1.165) is 50.9 Å². The number of nitrogens with zero attached hydrogens (tertiary/aromatic N) is 4. The summed E-state index contributed by atoms with van der Waals surface area (Å²) in [5.74, 6) is 2.83. The molecule has 220 valence electrons. The van der Waals surface area contributed by atoms with Gasteiger partial charge in [-0.2, -0.15) is 5.10 Å². The molecule has 0 atom stereocenters. The van der Waals surface area contributed by atoms with Crippen LogP contribution in [0.15, 0.2) is 30.6 Å². The number of rotatable bonds is 11. The summed E-state index contributed by atoms with van der Waals surface area (Å²) in [5.41, 5.74) is 6.09. The van der Waals surface area contributed by atoms with Crippen molar-refractivity contribution in [1.82, 2.24) is 24.7 Å². The molecule has 0 aliphatic heterocycles. The molecule has 0 radical (unpaired) electrons. The molecule has 1 aromatic carbocycles. The van der Waals surface area contributed by atoms with E-state index in [1.807, 2.05) is 18.2 Å². The maximum atomic E-state index is 6.83. The van der Waals surface area contributed by atoms with Crippen LogP contribution in [0, 0.1) is 0 Å². The highest BCUT2D eigenvalue weighted by Crippen LogP contribution is 2.44. The van der Waals surface area contributed by atoms with Crippen molar-refractivity contribution in [3.8, 4) is 22.8 Å². The zero-order chi connectivity index (χ0) is 29.5. The topological polar surface area (TPSA) is 99.1 Å². The number of fused-ring (bicyclic) bond motifs is 1. The van der Waals surface area contributed by atoms with Gasteiger partial charge in [-0.1, -0.05) is 20.8 Å². The fraction of sp³-hybridized carbons (Fsp3) is 0.516. The van der Waals surface area contributed by atoms with Gasteiger partial charge in [0.25, 0.3) is 0 Å². The van der Waals surface area contributed by atoms with Gasteiger partial charge in [0.2, 0.25) is 0 Å². The van der Waals surface area contributed by atoms with Crippen molar-refractivity contribution in [2.24, 2.45) is 0 Å². The Hall–Kier alpha value is -3.37. The summed E-state index contributed by atoms with van der Waals surface area (Å²) in [6.07, 6.45) is 4.05. The lowest BCUT2D eigenvalue weighted by Crippen LogP contribution is -2.40. The van der Waals surface area contributed by atoms with Gasteiger partial charge in [-0.05, 0) is 63.0 Å². The van der Waals surface area contributed by atoms with Crippen LogP contribution in [0.5, 0.6) is 11.5 Å². The second-order valence-electron chi connectivity index (χ2n) is 12.8. The van der Waals surface area contributed by atoms with Crippen molar-refractivity contribution in [2.75, 3.05) is 19.5 Å². The number of hydrogen-bond acceptors (Lipinski definition) is 7. The Balaban J connectivity index is 1.64. The molecule has 3 heterocycles. The molecule has 9 nitrogen and oxygen atoms in total. The van der Waals surface area contributed by atoms with Crippen LogP contribution >= 0.6 is 0 Å². The van der Waals surface area contributed by atoms with Crippen molar-refractivity contribution in [2.45, 2.75) is 90.7 Å². The summed E-state index contributed by atoms with van der Waals surface area (Å²) in [7, 11) is 1.30. The maximum Gasteiger partial charge on any atom is 0.192 e. The van der Waals surface area contributed by atoms with Crippen molar-refractivity contribution < 1.29 is 13.9 Å². The van der Waals surface area contributed by atoms with Crippen molar-refractivity contribution in [3.63, 3.8) is 0 Å². The van der Waals surface area contributed by atoms with E-state index in [2.05, 4.69) is 68.8 Å². The van der Waals surface area contributed by atoms with Gasteiger partial charge >= 0.3 is 0 Å². The molecule has 1 saturated carbocycles. The van der Waals surface area contributed by atoms with E-state index in [4.69, 9.17) is 29.0 Å². The minimum absolute atomic E-state index is 0.0945. The summed E-state index contributed by atoms with van der Waals surface area (Å²) in [5, 5.41) is 12.8. The fourth-order valence-electron chi connectivity index (χ4n) is 5.00. The van der Waals surface area contributed by atoms with Crippen molar-refractivity contribution >= 4 is 25.2 Å². The zero-order valence-electron chi connectivity index (χ0n) is 25.9. The third-order valence-corrected chi connectivity index (χ3v) is 13.1. The molecule has 5 rings (SSSR count). The average molecular weight is 577 g/mol. The predicted octanol–water partition coefficient (Wildman–Crippen LogP) is 7.43. The van der Waals surface area contributed by atoms with Crippen LogP contribution < -0.4 is 14.8 Å². The molecule has 1 fully saturated rings. The number of nitrogens with one attached hydrogen (secondary N) is 2. The highest BCUT2D eigenvalue weighted by Gasteiger charge is 2.38. The van der Waals surface area contributed by atoms with E-state index < -0.39 is 8.32 Å². The quantitative estimate of drug-likeness (QED) is 0.179. The van der Waals surface area contributed by atoms with Gasteiger partial charge in [0, 0.05) is 41.4 Å². The molecule has 0 bridgehead atoms. The molecule has 3 aromatic heterocycles. The number of hydrogen-bond donors (Lipinski definition) is 2. The first-order chi connectivity index (χ1) is 19.4. The highest BCUT2D eigenvalue weighted by atomic mass is 28.4. The van der Waals surface area contributed by atoms with Crippen LogP contribution in [0.2, 0.25) is 18.1 Å². The molecular formula is C31H44N6O3Si. The van der Waals surface area contributed by atoms with Crippen LogP contribution in [0.3, 0.4) is 0 Å². The molecule has 10 heteroatoms. The van der Waals surface area contributed by atoms with E-state index in [1.165, 1.54) is 18.5 Å². The van der Waals surface area contributed by atoms with E-state index in [9.17, 15) is 0 Å². The van der Waals surface area contributed by atoms with Crippen LogP contribution in [-0.2, 0) is 17.6 Å². The Morgan fingerprint density at radius 1 is 1.10 bits per heavy atom. The zero-order valence-corrected chi connectivity index (χ0v) is 26.9. The van der Waals surface area contributed by atoms with Crippen LogP contribution in [0.1, 0.15) is 76.4 Å². The Morgan fingerprint density at radius 2 is 1.85 bits per heavy atom. The minimum atomic E-state index is -2.03. The van der Waals surface area contributed by atoms with E-state index in [1.54, 1.807) is 20.5 Å². The molecular weight excluding hydrogens is 532 g/mol. The maximum absolute atomic E-state index is 6.83. The summed E-state index contributed by atoms with van der Waals surface area (Å²) in [6, 6.07) is 8.21. The summed E-state index contributed by atoms with van der Waals surface area (Å²) < 4.78 is 20.2. The molecule has 0 spiro atoms. The number of ether oxygens (including phenoxy) is 2. The van der Waals surface area contributed by atoms with E-state index in [-0.39, 0.29) is 11.1 Å². The van der Waals surface area contributed by atoms with Crippen LogP contribution in [-0.4, -0.2) is 47.3 Å². The highest BCUT2D eigenvalue weighted by molar-refractivity contribution is 6.74. The van der Waals surface area contributed by atoms with E-state index in [0.29, 0.717) is 19.1 Å². The van der Waals surface area contributed by atoms with Gasteiger partial charge in [0.15, 0.2) is 8.32 Å². The van der Waals surface area contributed by atoms with Gasteiger partial charge in [-0.25, -0.2) is 9.97 Å². The average Bonchev–Trinajstić information content (AvgIpc) is 3.56. The normalized spacial score (nSPS) is 14.2. The molecule has 41 heavy (non-hydrogen) atoms. The summed E-state index contributed by atoms with van der Waals surface area (Å²) in [6.45, 7) is 16.8. The second kappa shape index (κ2) is 11.1. The van der Waals surface area contributed by atoms with Crippen LogP contribution in [0.4, 0.5) is 5.82 Å². The number of aromatic amines is 1. The molecule has 0 unspecified atom stereocenters. The number of aromatic nitrogens is 5. The lowest BCUT2D eigenvalue weighted by molar-refractivity contribution is 0.266. The SMILES string of the molecule is COc1ccc(CNc2ncnc3c2c(-c2cc(C4CC4)[nH]n2)c(CO[Si](C)(C)C(C)(C)C)n3C(C)C)c(OC)c1. The first-order valence-corrected chi connectivity index (χ1v) is 17.4. The molecule has 1 aliphatic carbocycles. The molecule has 4 aromatic rings. The standard InChI is InChI=1S/C31H44N6O3Si/c1-19(2)37-25(17-40-41(8,9)31(3,4)5)27(24-15-23(35-36-24)20-10-11-20)28-29(33-18-34-30(28)37)32-16-21-12-13-22(38-6)14-26(21)39-7/h12-15,18-20H,10-11,16-17H2,1-9H3,(H,35,36)(H,32,33,34). The number of benzene rings is 1. The fourth-order valence-corrected chi connectivity index (χ4v) is 5.93. The van der Waals surface area contributed by atoms with Gasteiger partial charge in [-0.15, -0.1) is 0 Å². The Morgan fingerprint density at radius 3 is 2.49 bits per heavy atom. The first-order valence-electron chi connectivity index (χ1n) is 14.5. The first kappa shape index (κ1) is 29.1. The largest absolute Gasteiger partial charge is 0.497 e. The summed E-state index contributed by atoms with van der Waals surface area (Å²) in [4.78, 5) is 9.56.